The highest BCUT2D eigenvalue weighted by molar-refractivity contribution is 7.07. The predicted molar refractivity (Wildman–Crippen MR) is 99.1 cm³/mol. The fraction of sp³-hybridized carbons (Fsp3) is 0.444. The molecule has 4 heterocycles. The van der Waals surface area contributed by atoms with E-state index in [9.17, 15) is 0 Å². The first-order valence-electron chi connectivity index (χ1n) is 8.64. The van der Waals surface area contributed by atoms with Crippen molar-refractivity contribution >= 4 is 17.2 Å². The van der Waals surface area contributed by atoms with Crippen LogP contribution in [-0.4, -0.2) is 37.6 Å². The van der Waals surface area contributed by atoms with Gasteiger partial charge >= 0.3 is 0 Å². The summed E-state index contributed by atoms with van der Waals surface area (Å²) < 4.78 is 2.23. The van der Waals surface area contributed by atoms with E-state index >= 15 is 0 Å². The molecule has 7 heteroatoms. The van der Waals surface area contributed by atoms with E-state index in [1.54, 1.807) is 11.3 Å². The molecule has 1 unspecified atom stereocenters. The van der Waals surface area contributed by atoms with Crippen LogP contribution < -0.4 is 4.90 Å². The summed E-state index contributed by atoms with van der Waals surface area (Å²) in [5, 5.41) is 2.10. The Balaban J connectivity index is 1.56. The molecule has 0 saturated carbocycles. The van der Waals surface area contributed by atoms with E-state index < -0.39 is 0 Å². The second-order valence-corrected chi connectivity index (χ2v) is 7.32. The highest BCUT2D eigenvalue weighted by Gasteiger charge is 2.26. The second kappa shape index (κ2) is 6.92. The molecule has 0 aliphatic carbocycles. The lowest BCUT2D eigenvalue weighted by molar-refractivity contribution is 0.472. The Morgan fingerprint density at radius 2 is 2.16 bits per heavy atom. The third kappa shape index (κ3) is 3.42. The lowest BCUT2D eigenvalue weighted by atomic mass is 9.97. The maximum atomic E-state index is 4.72. The lowest BCUT2D eigenvalue weighted by Crippen LogP contribution is -2.36. The van der Waals surface area contributed by atoms with Crippen LogP contribution in [-0.2, 0) is 6.54 Å². The quantitative estimate of drug-likeness (QED) is 0.720. The van der Waals surface area contributed by atoms with Gasteiger partial charge in [0.1, 0.15) is 11.6 Å². The number of nitrogens with zero attached hydrogens (tertiary/aromatic N) is 6. The van der Waals surface area contributed by atoms with E-state index in [1.165, 1.54) is 0 Å². The van der Waals surface area contributed by atoms with Crippen molar-refractivity contribution in [2.24, 2.45) is 0 Å². The van der Waals surface area contributed by atoms with Crippen molar-refractivity contribution in [1.29, 1.82) is 0 Å². The summed E-state index contributed by atoms with van der Waals surface area (Å²) in [6.07, 6.45) is 8.09. The number of aryl methyl sites for hydroxylation is 2. The summed E-state index contributed by atoms with van der Waals surface area (Å²) in [4.78, 5) is 20.6. The molecule has 0 radical (unpaired) electrons. The largest absolute Gasteiger partial charge is 0.354 e. The molecule has 1 fully saturated rings. The van der Waals surface area contributed by atoms with E-state index in [2.05, 4.69) is 36.0 Å². The van der Waals surface area contributed by atoms with Crippen LogP contribution in [0.15, 0.2) is 29.5 Å². The van der Waals surface area contributed by atoms with Crippen molar-refractivity contribution < 1.29 is 0 Å². The van der Waals surface area contributed by atoms with Gasteiger partial charge in [-0.15, -0.1) is 11.3 Å². The Morgan fingerprint density at radius 1 is 1.24 bits per heavy atom. The zero-order chi connectivity index (χ0) is 17.2. The number of aromatic nitrogens is 5. The SMILES string of the molecule is Cc1cnc(C)c(N2CCCC(c3nccn3Cc3cscn3)C2)n1. The first-order valence-corrected chi connectivity index (χ1v) is 9.58. The standard InChI is InChI=1S/C18H22N6S/c1-13-8-20-14(2)17(22-13)23-6-3-4-15(9-23)18-19-5-7-24(18)10-16-11-25-12-21-16/h5,7-8,11-12,15H,3-4,6,9-10H2,1-2H3. The summed E-state index contributed by atoms with van der Waals surface area (Å²) in [5.41, 5.74) is 4.94. The van der Waals surface area contributed by atoms with E-state index in [0.717, 1.165) is 61.2 Å². The maximum Gasteiger partial charge on any atom is 0.150 e. The van der Waals surface area contributed by atoms with E-state index in [-0.39, 0.29) is 0 Å². The van der Waals surface area contributed by atoms with Gasteiger partial charge in [0.15, 0.2) is 0 Å². The van der Waals surface area contributed by atoms with Gasteiger partial charge in [0, 0.05) is 43.0 Å². The van der Waals surface area contributed by atoms with Crippen LogP contribution >= 0.6 is 11.3 Å². The summed E-state index contributed by atoms with van der Waals surface area (Å²) >= 11 is 1.64. The fourth-order valence-corrected chi connectivity index (χ4v) is 4.06. The van der Waals surface area contributed by atoms with Crippen LogP contribution in [0.25, 0.3) is 0 Å². The minimum atomic E-state index is 0.407. The van der Waals surface area contributed by atoms with Crippen molar-refractivity contribution in [3.05, 3.63) is 52.4 Å². The highest BCUT2D eigenvalue weighted by Crippen LogP contribution is 2.29. The predicted octanol–water partition coefficient (Wildman–Crippen LogP) is 3.18. The van der Waals surface area contributed by atoms with Gasteiger partial charge < -0.3 is 9.47 Å². The molecule has 1 atom stereocenters. The average Bonchev–Trinajstić information content (AvgIpc) is 3.29. The highest BCUT2D eigenvalue weighted by atomic mass is 32.1. The molecule has 1 aliphatic rings. The number of imidazole rings is 1. The monoisotopic (exact) mass is 354 g/mol. The lowest BCUT2D eigenvalue weighted by Gasteiger charge is -2.34. The minimum Gasteiger partial charge on any atom is -0.354 e. The summed E-state index contributed by atoms with van der Waals surface area (Å²) in [6.45, 7) is 6.79. The normalized spacial score (nSPS) is 17.8. The van der Waals surface area contributed by atoms with E-state index in [4.69, 9.17) is 4.98 Å². The third-order valence-corrected chi connectivity index (χ3v) is 5.34. The van der Waals surface area contributed by atoms with Crippen LogP contribution in [0.3, 0.4) is 0 Å². The molecule has 6 nitrogen and oxygen atoms in total. The van der Waals surface area contributed by atoms with Gasteiger partial charge in [0.2, 0.25) is 0 Å². The van der Waals surface area contributed by atoms with Crippen LogP contribution in [0.2, 0.25) is 0 Å². The van der Waals surface area contributed by atoms with Crippen LogP contribution in [0.5, 0.6) is 0 Å². The van der Waals surface area contributed by atoms with Crippen LogP contribution in [0, 0.1) is 13.8 Å². The molecular weight excluding hydrogens is 332 g/mol. The van der Waals surface area contributed by atoms with Crippen LogP contribution in [0.4, 0.5) is 5.82 Å². The summed E-state index contributed by atoms with van der Waals surface area (Å²) in [6, 6.07) is 0. The number of thiazole rings is 1. The number of anilines is 1. The number of hydrogen-bond donors (Lipinski definition) is 0. The average molecular weight is 354 g/mol. The van der Waals surface area contributed by atoms with E-state index in [0.29, 0.717) is 5.92 Å². The molecule has 3 aromatic rings. The molecular formula is C18H22N6S. The van der Waals surface area contributed by atoms with Crippen molar-refractivity contribution in [2.75, 3.05) is 18.0 Å². The van der Waals surface area contributed by atoms with E-state index in [1.807, 2.05) is 31.8 Å². The van der Waals surface area contributed by atoms with Gasteiger partial charge in [-0.2, -0.15) is 0 Å². The fourth-order valence-electron chi connectivity index (χ4n) is 3.51. The Labute approximate surface area is 151 Å². The molecule has 0 spiro atoms. The molecule has 130 valence electrons. The second-order valence-electron chi connectivity index (χ2n) is 6.60. The molecule has 25 heavy (non-hydrogen) atoms. The van der Waals surface area contributed by atoms with Crippen molar-refractivity contribution in [3.8, 4) is 0 Å². The molecule has 1 aliphatic heterocycles. The molecule has 0 amide bonds. The number of piperidine rings is 1. The van der Waals surface area contributed by atoms with Gasteiger partial charge in [0.25, 0.3) is 0 Å². The Hall–Kier alpha value is -2.28. The number of rotatable bonds is 4. The molecule has 0 bridgehead atoms. The molecule has 4 rings (SSSR count). The summed E-state index contributed by atoms with van der Waals surface area (Å²) in [7, 11) is 0. The molecule has 0 N–H and O–H groups in total. The van der Waals surface area contributed by atoms with Gasteiger partial charge in [-0.3, -0.25) is 4.98 Å². The summed E-state index contributed by atoms with van der Waals surface area (Å²) in [5.74, 6) is 2.57. The van der Waals surface area contributed by atoms with Gasteiger partial charge in [-0.25, -0.2) is 15.0 Å². The Kier molecular flexibility index (Phi) is 4.48. The first-order chi connectivity index (χ1) is 12.2. The van der Waals surface area contributed by atoms with Crippen molar-refractivity contribution in [2.45, 2.75) is 39.2 Å². The Bertz CT molecular complexity index is 841. The van der Waals surface area contributed by atoms with Crippen molar-refractivity contribution in [3.63, 3.8) is 0 Å². The zero-order valence-electron chi connectivity index (χ0n) is 14.6. The molecule has 3 aromatic heterocycles. The minimum absolute atomic E-state index is 0.407. The van der Waals surface area contributed by atoms with Crippen LogP contribution in [0.1, 0.15) is 41.7 Å². The maximum absolute atomic E-state index is 4.72. The molecule has 0 aromatic carbocycles. The smallest absolute Gasteiger partial charge is 0.150 e. The van der Waals surface area contributed by atoms with Crippen molar-refractivity contribution in [1.82, 2.24) is 24.5 Å². The molecule has 1 saturated heterocycles. The number of hydrogen-bond acceptors (Lipinski definition) is 6. The third-order valence-electron chi connectivity index (χ3n) is 4.70. The van der Waals surface area contributed by atoms with Gasteiger partial charge in [-0.1, -0.05) is 0 Å². The zero-order valence-corrected chi connectivity index (χ0v) is 15.4. The van der Waals surface area contributed by atoms with Gasteiger partial charge in [-0.05, 0) is 26.7 Å². The topological polar surface area (TPSA) is 59.7 Å². The first kappa shape index (κ1) is 16.2. The van der Waals surface area contributed by atoms with Gasteiger partial charge in [0.05, 0.1) is 29.1 Å². The Morgan fingerprint density at radius 3 is 3.00 bits per heavy atom.